The Morgan fingerprint density at radius 3 is 1.60 bits per heavy atom. The van der Waals surface area contributed by atoms with Crippen LogP contribution < -0.4 is 0 Å². The molecule has 0 N–H and O–H groups in total. The maximum absolute atomic E-state index is 10.9. The molecule has 0 amide bonds. The third-order valence-corrected chi connectivity index (χ3v) is 5.39. The van der Waals surface area contributed by atoms with Crippen molar-refractivity contribution in [2.45, 2.75) is 26.6 Å². The van der Waals surface area contributed by atoms with Gasteiger partial charge in [-0.1, -0.05) is 38.5 Å². The molecule has 0 saturated heterocycles. The first-order valence-corrected chi connectivity index (χ1v) is 14.5. The summed E-state index contributed by atoms with van der Waals surface area (Å²) >= 11 is 0. The van der Waals surface area contributed by atoms with Crippen LogP contribution in [-0.2, 0) is 38.7 Å². The number of carbonyl (C=O) groups is 2. The number of hydrogen-bond acceptors (Lipinski definition) is 9. The van der Waals surface area contributed by atoms with Crippen molar-refractivity contribution in [2.24, 2.45) is 0 Å². The number of hydrogen-bond donors (Lipinski definition) is 0. The summed E-state index contributed by atoms with van der Waals surface area (Å²) in [6, 6.07) is 3.82. The first-order valence-electron chi connectivity index (χ1n) is 14.5. The number of allylic oxidation sites excluding steroid dienone is 1. The number of esters is 2. The van der Waals surface area contributed by atoms with Crippen molar-refractivity contribution in [1.29, 1.82) is 0 Å². The lowest BCUT2D eigenvalue weighted by atomic mass is 10.3. The molecule has 0 bridgehead atoms. The topological polar surface area (TPSA) is 137 Å². The van der Waals surface area contributed by atoms with E-state index in [1.165, 1.54) is 0 Å². The summed E-state index contributed by atoms with van der Waals surface area (Å²) < 4.78 is 17.0. The minimum atomic E-state index is -0.393. The highest BCUT2D eigenvalue weighted by Gasteiger charge is 2.01. The van der Waals surface area contributed by atoms with Crippen LogP contribution in [0.5, 0.6) is 0 Å². The molecule has 13 heteroatoms. The Bertz CT molecular complexity index is 1560. The summed E-state index contributed by atoms with van der Waals surface area (Å²) in [5.74, 6) is -0.741. The van der Waals surface area contributed by atoms with Gasteiger partial charge in [-0.05, 0) is 24.6 Å². The Hall–Kier alpha value is -6.37. The van der Waals surface area contributed by atoms with Crippen molar-refractivity contribution >= 4 is 24.2 Å². The van der Waals surface area contributed by atoms with Crippen molar-refractivity contribution in [3.05, 3.63) is 156 Å². The maximum Gasteiger partial charge on any atom is 0.333 e. The molecule has 5 aromatic rings. The van der Waals surface area contributed by atoms with E-state index < -0.39 is 5.97 Å². The fraction of sp³-hybridized carbons (Fsp3) is 0.171. The molecule has 0 spiro atoms. The molecule has 0 aromatic carbocycles. The van der Waals surface area contributed by atoms with E-state index in [-0.39, 0.29) is 5.97 Å². The molecule has 5 heterocycles. The number of pyridine rings is 1. The summed E-state index contributed by atoms with van der Waals surface area (Å²) in [5, 5.41) is 0. The molecule has 0 fully saturated rings. The first kappa shape index (κ1) is 39.7. The van der Waals surface area contributed by atoms with Gasteiger partial charge in [-0.15, -0.1) is 6.58 Å². The fourth-order valence-electron chi connectivity index (χ4n) is 2.94. The molecule has 48 heavy (non-hydrogen) atoms. The van der Waals surface area contributed by atoms with Gasteiger partial charge in [0, 0.05) is 86.4 Å². The second kappa shape index (κ2) is 25.9. The number of ether oxygens (including phenoxy) is 2. The molecule has 0 radical (unpaired) electrons. The third kappa shape index (κ3) is 19.8. The standard InChI is InChI=1S/C9H12N2O2.C8H10N2O2.C7H7N.C6H8N2.C5H6N2/c1-8(2)9(12)13-6-5-11-4-3-10-7-11;1-2-8(11)12-6-5-10-4-3-9-7-10;1-2-7-3-5-8-6-4-7;1-2-4-8-5-3-7-6-8;1-2-7-4-3-6-5-7/h3-4,7H,1,5-6H2,2H3;2-4,7H,1,5-6H2;2-6H,1H2;2-3,5-6H,1,4H2;2-5H,1H2. The smallest absolute Gasteiger partial charge is 0.333 e. The number of imidazole rings is 4. The molecule has 0 unspecified atom stereocenters. The van der Waals surface area contributed by atoms with E-state index in [0.29, 0.717) is 31.9 Å². The van der Waals surface area contributed by atoms with Gasteiger partial charge in [0.2, 0.25) is 0 Å². The fourth-order valence-corrected chi connectivity index (χ4v) is 2.94. The molecular weight excluding hydrogens is 610 g/mol. The lowest BCUT2D eigenvalue weighted by Gasteiger charge is -2.04. The largest absolute Gasteiger partial charge is 0.461 e. The van der Waals surface area contributed by atoms with Gasteiger partial charge < -0.3 is 27.7 Å². The Kier molecular flexibility index (Phi) is 21.4. The van der Waals surface area contributed by atoms with Crippen LogP contribution in [0.25, 0.3) is 12.3 Å². The molecule has 252 valence electrons. The van der Waals surface area contributed by atoms with Crippen molar-refractivity contribution in [1.82, 2.24) is 43.2 Å². The summed E-state index contributed by atoms with van der Waals surface area (Å²) in [7, 11) is 0. The van der Waals surface area contributed by atoms with Crippen molar-refractivity contribution in [3.63, 3.8) is 0 Å². The lowest BCUT2D eigenvalue weighted by molar-refractivity contribution is -0.139. The summed E-state index contributed by atoms with van der Waals surface area (Å²) in [6.07, 6.45) is 30.9. The SMILES string of the molecule is C=C(C)C(=O)OCCn1ccnc1.C=CC(=O)OCCn1ccnc1.C=CCn1ccnc1.C=Cc1ccncc1.C=Cn1ccnc1. The van der Waals surface area contributed by atoms with E-state index in [1.54, 1.807) is 86.3 Å². The number of aromatic nitrogens is 9. The monoisotopic (exact) mass is 653 g/mol. The van der Waals surface area contributed by atoms with Crippen molar-refractivity contribution in [2.75, 3.05) is 13.2 Å². The second-order valence-corrected chi connectivity index (χ2v) is 9.11. The van der Waals surface area contributed by atoms with E-state index >= 15 is 0 Å². The quantitative estimate of drug-likeness (QED) is 0.0986. The molecule has 0 aliphatic carbocycles. The molecular formula is C35H43N9O4. The second-order valence-electron chi connectivity index (χ2n) is 9.11. The maximum atomic E-state index is 10.9. The summed E-state index contributed by atoms with van der Waals surface area (Å²) in [5.41, 5.74) is 1.53. The highest BCUT2D eigenvalue weighted by molar-refractivity contribution is 5.86. The predicted molar refractivity (Wildman–Crippen MR) is 187 cm³/mol. The van der Waals surface area contributed by atoms with Gasteiger partial charge in [0.25, 0.3) is 0 Å². The average Bonchev–Trinajstić information content (AvgIpc) is 3.96. The van der Waals surface area contributed by atoms with Gasteiger partial charge in [0.05, 0.1) is 38.4 Å². The normalized spacial score (nSPS) is 9.10. The van der Waals surface area contributed by atoms with E-state index in [0.717, 1.165) is 18.2 Å². The van der Waals surface area contributed by atoms with Gasteiger partial charge in [0.15, 0.2) is 0 Å². The van der Waals surface area contributed by atoms with Crippen molar-refractivity contribution < 1.29 is 19.1 Å². The van der Waals surface area contributed by atoms with Crippen LogP contribution in [0.4, 0.5) is 0 Å². The first-order chi connectivity index (χ1) is 23.3. The van der Waals surface area contributed by atoms with Crippen LogP contribution in [0.2, 0.25) is 0 Å². The van der Waals surface area contributed by atoms with Gasteiger partial charge in [-0.25, -0.2) is 29.5 Å². The van der Waals surface area contributed by atoms with Gasteiger partial charge >= 0.3 is 11.9 Å². The molecule has 5 aromatic heterocycles. The van der Waals surface area contributed by atoms with E-state index in [4.69, 9.17) is 9.47 Å². The third-order valence-electron chi connectivity index (χ3n) is 5.39. The molecule has 0 saturated carbocycles. The number of carbonyl (C=O) groups excluding carboxylic acids is 2. The van der Waals surface area contributed by atoms with E-state index in [1.807, 2.05) is 56.7 Å². The molecule has 0 atom stereocenters. The minimum Gasteiger partial charge on any atom is -0.461 e. The van der Waals surface area contributed by atoms with E-state index in [9.17, 15) is 9.59 Å². The zero-order chi connectivity index (χ0) is 35.2. The Balaban J connectivity index is 0.000000306. The van der Waals surface area contributed by atoms with Crippen LogP contribution in [-0.4, -0.2) is 68.3 Å². The minimum absolute atomic E-state index is 0.347. The zero-order valence-corrected chi connectivity index (χ0v) is 27.3. The highest BCUT2D eigenvalue weighted by atomic mass is 16.5. The Labute approximate surface area is 281 Å². The highest BCUT2D eigenvalue weighted by Crippen LogP contribution is 1.95. The van der Waals surface area contributed by atoms with Crippen LogP contribution in [0.1, 0.15) is 12.5 Å². The molecule has 5 rings (SSSR count). The van der Waals surface area contributed by atoms with Crippen LogP contribution in [0.3, 0.4) is 0 Å². The van der Waals surface area contributed by atoms with Crippen LogP contribution >= 0.6 is 0 Å². The van der Waals surface area contributed by atoms with Crippen molar-refractivity contribution in [3.8, 4) is 0 Å². The Morgan fingerprint density at radius 2 is 1.23 bits per heavy atom. The molecule has 0 aliphatic heterocycles. The predicted octanol–water partition coefficient (Wildman–Crippen LogP) is 5.39. The summed E-state index contributed by atoms with van der Waals surface area (Å²) in [4.78, 5) is 40.7. The zero-order valence-electron chi connectivity index (χ0n) is 27.3. The van der Waals surface area contributed by atoms with Crippen LogP contribution in [0.15, 0.2) is 150 Å². The van der Waals surface area contributed by atoms with E-state index in [2.05, 4.69) is 57.8 Å². The van der Waals surface area contributed by atoms with Crippen LogP contribution in [0, 0.1) is 0 Å². The number of nitrogens with zero attached hydrogens (tertiary/aromatic N) is 9. The number of rotatable bonds is 12. The average molecular weight is 654 g/mol. The van der Waals surface area contributed by atoms with Gasteiger partial charge in [0.1, 0.15) is 13.2 Å². The lowest BCUT2D eigenvalue weighted by Crippen LogP contribution is -2.10. The molecule has 13 nitrogen and oxygen atoms in total. The molecule has 0 aliphatic rings. The van der Waals surface area contributed by atoms with Gasteiger partial charge in [-0.3, -0.25) is 4.98 Å². The summed E-state index contributed by atoms with van der Waals surface area (Å²) in [6.45, 7) is 21.9. The Morgan fingerprint density at radius 1 is 0.708 bits per heavy atom. The van der Waals surface area contributed by atoms with Gasteiger partial charge in [-0.2, -0.15) is 0 Å².